The summed E-state index contributed by atoms with van der Waals surface area (Å²) in [5.74, 6) is -1.38. The molecule has 22 heavy (non-hydrogen) atoms. The van der Waals surface area contributed by atoms with Gasteiger partial charge in [0.25, 0.3) is 0 Å². The Hall–Kier alpha value is -1.36. The van der Waals surface area contributed by atoms with Gasteiger partial charge in [-0.2, -0.15) is 0 Å². The van der Waals surface area contributed by atoms with E-state index < -0.39 is 11.9 Å². The maximum atomic E-state index is 12.2. The van der Waals surface area contributed by atoms with E-state index >= 15 is 0 Å². The molecule has 0 saturated carbocycles. The zero-order valence-corrected chi connectivity index (χ0v) is 15.1. The lowest BCUT2D eigenvalue weighted by Crippen LogP contribution is -2.17. The molecule has 1 rings (SSSR count). The van der Waals surface area contributed by atoms with E-state index in [1.165, 1.54) is 0 Å². The number of carboxylic acids is 1. The van der Waals surface area contributed by atoms with Gasteiger partial charge in [0.2, 0.25) is 0 Å². The van der Waals surface area contributed by atoms with Gasteiger partial charge in [0.15, 0.2) is 0 Å². The van der Waals surface area contributed by atoms with Crippen molar-refractivity contribution in [3.8, 4) is 0 Å². The van der Waals surface area contributed by atoms with Crippen molar-refractivity contribution in [1.82, 2.24) is 0 Å². The van der Waals surface area contributed by atoms with Crippen LogP contribution in [0.3, 0.4) is 0 Å². The molecule has 0 unspecified atom stereocenters. The Kier molecular flexibility index (Phi) is 7.07. The Balaban J connectivity index is 3.34. The summed E-state index contributed by atoms with van der Waals surface area (Å²) in [5.41, 5.74) is 1.68. The number of carbonyl (C=O) groups excluding carboxylic acids is 1. The molecule has 0 spiro atoms. The SMILES string of the molecule is CCCCOC(=O)c1cc(C)c(Br)c(CC(C)C)c1C(=O)O. The molecule has 0 amide bonds. The molecule has 0 atom stereocenters. The summed E-state index contributed by atoms with van der Waals surface area (Å²) in [5, 5.41) is 9.57. The summed E-state index contributed by atoms with van der Waals surface area (Å²) in [7, 11) is 0. The summed E-state index contributed by atoms with van der Waals surface area (Å²) in [6, 6.07) is 1.59. The fourth-order valence-corrected chi connectivity index (χ4v) is 2.73. The molecule has 0 aromatic heterocycles. The quantitative estimate of drug-likeness (QED) is 0.562. The predicted molar refractivity (Wildman–Crippen MR) is 89.6 cm³/mol. The zero-order chi connectivity index (χ0) is 16.9. The van der Waals surface area contributed by atoms with Gasteiger partial charge < -0.3 is 9.84 Å². The van der Waals surface area contributed by atoms with Gasteiger partial charge in [0, 0.05) is 4.47 Å². The molecule has 1 aromatic carbocycles. The van der Waals surface area contributed by atoms with Crippen LogP contribution < -0.4 is 0 Å². The molecule has 0 aliphatic heterocycles. The van der Waals surface area contributed by atoms with Crippen LogP contribution in [-0.4, -0.2) is 23.7 Å². The van der Waals surface area contributed by atoms with E-state index in [-0.39, 0.29) is 17.0 Å². The maximum Gasteiger partial charge on any atom is 0.339 e. The van der Waals surface area contributed by atoms with Gasteiger partial charge in [0.05, 0.1) is 17.7 Å². The Morgan fingerprint density at radius 2 is 2.00 bits per heavy atom. The molecule has 1 aromatic rings. The fourth-order valence-electron chi connectivity index (χ4n) is 2.25. The van der Waals surface area contributed by atoms with Crippen molar-refractivity contribution >= 4 is 27.9 Å². The summed E-state index contributed by atoms with van der Waals surface area (Å²) in [6.07, 6.45) is 2.26. The third kappa shape index (κ3) is 4.57. The Bertz CT molecular complexity index is 564. The van der Waals surface area contributed by atoms with Gasteiger partial charge in [-0.25, -0.2) is 9.59 Å². The standard InChI is InChI=1S/C17H23BrO4/c1-5-6-7-22-17(21)13-9-11(4)15(18)12(8-10(2)3)14(13)16(19)20/h9-10H,5-8H2,1-4H3,(H,19,20). The first-order chi connectivity index (χ1) is 10.3. The minimum Gasteiger partial charge on any atom is -0.478 e. The lowest BCUT2D eigenvalue weighted by atomic mass is 9.92. The Labute approximate surface area is 140 Å². The number of carbonyl (C=O) groups is 2. The number of carboxylic acid groups (broad SMARTS) is 1. The molecule has 0 aliphatic carbocycles. The van der Waals surface area contributed by atoms with Crippen LogP contribution in [0.1, 0.15) is 65.5 Å². The molecule has 1 N–H and O–H groups in total. The monoisotopic (exact) mass is 370 g/mol. The van der Waals surface area contributed by atoms with E-state index in [0.717, 1.165) is 22.9 Å². The van der Waals surface area contributed by atoms with E-state index in [9.17, 15) is 14.7 Å². The van der Waals surface area contributed by atoms with Crippen molar-refractivity contribution in [2.75, 3.05) is 6.61 Å². The van der Waals surface area contributed by atoms with Crippen molar-refractivity contribution in [3.63, 3.8) is 0 Å². The van der Waals surface area contributed by atoms with Gasteiger partial charge in [-0.1, -0.05) is 43.1 Å². The first-order valence-electron chi connectivity index (χ1n) is 7.51. The van der Waals surface area contributed by atoms with Crippen LogP contribution >= 0.6 is 15.9 Å². The van der Waals surface area contributed by atoms with Gasteiger partial charge in [-0.15, -0.1) is 0 Å². The maximum absolute atomic E-state index is 12.2. The largest absolute Gasteiger partial charge is 0.478 e. The molecule has 122 valence electrons. The minimum atomic E-state index is -1.10. The number of benzene rings is 1. The second-order valence-electron chi connectivity index (χ2n) is 5.80. The number of unbranched alkanes of at least 4 members (excludes halogenated alkanes) is 1. The minimum absolute atomic E-state index is 0.0488. The Morgan fingerprint density at radius 3 is 2.50 bits per heavy atom. The smallest absolute Gasteiger partial charge is 0.339 e. The van der Waals surface area contributed by atoms with E-state index in [2.05, 4.69) is 15.9 Å². The molecule has 0 saturated heterocycles. The molecule has 0 heterocycles. The highest BCUT2D eigenvalue weighted by atomic mass is 79.9. The predicted octanol–water partition coefficient (Wildman–Crippen LogP) is 4.61. The van der Waals surface area contributed by atoms with Crippen molar-refractivity contribution < 1.29 is 19.4 Å². The average Bonchev–Trinajstić information content (AvgIpc) is 2.42. The number of halogens is 1. The lowest BCUT2D eigenvalue weighted by Gasteiger charge is -2.17. The lowest BCUT2D eigenvalue weighted by molar-refractivity contribution is 0.0489. The van der Waals surface area contributed by atoms with E-state index in [1.54, 1.807) is 6.07 Å². The van der Waals surface area contributed by atoms with Gasteiger partial charge in [0.1, 0.15) is 0 Å². The first kappa shape index (κ1) is 18.7. The van der Waals surface area contributed by atoms with Gasteiger partial charge in [-0.05, 0) is 42.9 Å². The number of rotatable bonds is 7. The van der Waals surface area contributed by atoms with Crippen LogP contribution in [0.5, 0.6) is 0 Å². The van der Waals surface area contributed by atoms with E-state index in [4.69, 9.17) is 4.74 Å². The summed E-state index contributed by atoms with van der Waals surface area (Å²) < 4.78 is 5.95. The van der Waals surface area contributed by atoms with Crippen LogP contribution in [0, 0.1) is 12.8 Å². The molecule has 0 radical (unpaired) electrons. The Morgan fingerprint density at radius 1 is 1.36 bits per heavy atom. The summed E-state index contributed by atoms with van der Waals surface area (Å²) in [6.45, 7) is 8.19. The van der Waals surface area contributed by atoms with Crippen LogP contribution in [0.4, 0.5) is 0 Å². The second kappa shape index (κ2) is 8.32. The van der Waals surface area contributed by atoms with Crippen LogP contribution in [0.25, 0.3) is 0 Å². The molecular formula is C17H23BrO4. The third-order valence-electron chi connectivity index (χ3n) is 3.32. The summed E-state index contributed by atoms with van der Waals surface area (Å²) >= 11 is 3.46. The zero-order valence-electron chi connectivity index (χ0n) is 13.5. The van der Waals surface area contributed by atoms with Gasteiger partial charge in [-0.3, -0.25) is 0 Å². The number of aromatic carboxylic acids is 1. The number of ether oxygens (including phenoxy) is 1. The number of hydrogen-bond donors (Lipinski definition) is 1. The highest BCUT2D eigenvalue weighted by molar-refractivity contribution is 9.10. The van der Waals surface area contributed by atoms with Crippen LogP contribution in [-0.2, 0) is 11.2 Å². The molecule has 0 fully saturated rings. The molecule has 4 nitrogen and oxygen atoms in total. The van der Waals surface area contributed by atoms with Crippen LogP contribution in [0.15, 0.2) is 10.5 Å². The van der Waals surface area contributed by atoms with E-state index in [1.807, 2.05) is 27.7 Å². The van der Waals surface area contributed by atoms with Gasteiger partial charge >= 0.3 is 11.9 Å². The van der Waals surface area contributed by atoms with E-state index in [0.29, 0.717) is 18.6 Å². The van der Waals surface area contributed by atoms with Crippen molar-refractivity contribution in [1.29, 1.82) is 0 Å². The molecule has 0 aliphatic rings. The first-order valence-corrected chi connectivity index (χ1v) is 8.31. The third-order valence-corrected chi connectivity index (χ3v) is 4.42. The number of hydrogen-bond acceptors (Lipinski definition) is 3. The number of aryl methyl sites for hydroxylation is 1. The number of esters is 1. The highest BCUT2D eigenvalue weighted by Gasteiger charge is 2.25. The highest BCUT2D eigenvalue weighted by Crippen LogP contribution is 2.30. The summed E-state index contributed by atoms with van der Waals surface area (Å²) in [4.78, 5) is 23.9. The molecule has 5 heteroatoms. The molecule has 0 bridgehead atoms. The normalized spacial score (nSPS) is 10.8. The van der Waals surface area contributed by atoms with Crippen LogP contribution in [0.2, 0.25) is 0 Å². The fraction of sp³-hybridized carbons (Fsp3) is 0.529. The molecular weight excluding hydrogens is 348 g/mol. The van der Waals surface area contributed by atoms with Crippen molar-refractivity contribution in [2.45, 2.75) is 47.0 Å². The second-order valence-corrected chi connectivity index (χ2v) is 6.59. The topological polar surface area (TPSA) is 63.6 Å². The van der Waals surface area contributed by atoms with Crippen molar-refractivity contribution in [3.05, 3.63) is 32.8 Å². The average molecular weight is 371 g/mol. The van der Waals surface area contributed by atoms with Crippen molar-refractivity contribution in [2.24, 2.45) is 5.92 Å².